The van der Waals surface area contributed by atoms with E-state index in [9.17, 15) is 4.79 Å². The lowest BCUT2D eigenvalue weighted by Gasteiger charge is -2.35. The number of rotatable bonds is 7. The van der Waals surface area contributed by atoms with Crippen molar-refractivity contribution < 1.29 is 14.3 Å². The van der Waals surface area contributed by atoms with Crippen molar-refractivity contribution >= 4 is 16.8 Å². The summed E-state index contributed by atoms with van der Waals surface area (Å²) in [6, 6.07) is 25.2. The van der Waals surface area contributed by atoms with Crippen molar-refractivity contribution in [3.05, 3.63) is 95.7 Å². The molecule has 0 bridgehead atoms. The van der Waals surface area contributed by atoms with Gasteiger partial charge in [0.1, 0.15) is 0 Å². The van der Waals surface area contributed by atoms with Gasteiger partial charge >= 0.3 is 0 Å². The summed E-state index contributed by atoms with van der Waals surface area (Å²) in [5.74, 6) is 2.02. The number of nitrogens with zero attached hydrogens (tertiary/aromatic N) is 3. The highest BCUT2D eigenvalue weighted by Crippen LogP contribution is 2.34. The molecule has 0 N–H and O–H groups in total. The van der Waals surface area contributed by atoms with Crippen molar-refractivity contribution in [3.63, 3.8) is 0 Å². The van der Waals surface area contributed by atoms with Gasteiger partial charge in [0.2, 0.25) is 12.7 Å². The standard InChI is InChI=1S/C31H33N3O3/c1-32-21-27(26-9-5-6-10-28(26)32)25(17-23-7-3-2-4-8-23)19-31(35)34-15-13-33(14-16-34)20-24-11-12-29-30(18-24)37-22-36-29/h2-12,18,21,25H,13-17,19-20,22H2,1H3. The summed E-state index contributed by atoms with van der Waals surface area (Å²) in [4.78, 5) is 18.0. The molecular formula is C31H33N3O3. The Hall–Kier alpha value is -3.77. The Balaban J connectivity index is 1.13. The van der Waals surface area contributed by atoms with Gasteiger partial charge in [-0.2, -0.15) is 0 Å². The number of piperazine rings is 1. The Labute approximate surface area is 218 Å². The zero-order valence-electron chi connectivity index (χ0n) is 21.3. The molecule has 1 atom stereocenters. The van der Waals surface area contributed by atoms with Gasteiger partial charge in [-0.25, -0.2) is 0 Å². The minimum absolute atomic E-state index is 0.132. The summed E-state index contributed by atoms with van der Waals surface area (Å²) in [6.45, 7) is 4.42. The van der Waals surface area contributed by atoms with E-state index in [0.717, 1.165) is 50.6 Å². The number of aromatic nitrogens is 1. The first-order valence-electron chi connectivity index (χ1n) is 13.1. The molecule has 3 aromatic carbocycles. The second-order valence-corrected chi connectivity index (χ2v) is 10.1. The molecule has 37 heavy (non-hydrogen) atoms. The van der Waals surface area contributed by atoms with Crippen LogP contribution in [0.3, 0.4) is 0 Å². The maximum atomic E-state index is 13.6. The molecule has 0 aliphatic carbocycles. The Morgan fingerprint density at radius 1 is 0.865 bits per heavy atom. The van der Waals surface area contributed by atoms with Gasteiger partial charge in [-0.1, -0.05) is 54.6 Å². The van der Waals surface area contributed by atoms with E-state index in [1.54, 1.807) is 0 Å². The zero-order valence-corrected chi connectivity index (χ0v) is 21.3. The third-order valence-corrected chi connectivity index (χ3v) is 7.68. The second-order valence-electron chi connectivity index (χ2n) is 10.1. The number of benzene rings is 3. The fourth-order valence-corrected chi connectivity index (χ4v) is 5.68. The molecule has 0 saturated carbocycles. The fourth-order valence-electron chi connectivity index (χ4n) is 5.68. The third-order valence-electron chi connectivity index (χ3n) is 7.68. The quantitative estimate of drug-likeness (QED) is 0.363. The normalized spacial score (nSPS) is 16.3. The van der Waals surface area contributed by atoms with Crippen LogP contribution in [-0.2, 0) is 24.8 Å². The number of hydrogen-bond acceptors (Lipinski definition) is 4. The molecule has 1 saturated heterocycles. The van der Waals surface area contributed by atoms with E-state index in [0.29, 0.717) is 13.2 Å². The van der Waals surface area contributed by atoms with Crippen LogP contribution in [0.5, 0.6) is 11.5 Å². The number of ether oxygens (including phenoxy) is 2. The third kappa shape index (κ3) is 5.07. The molecule has 0 radical (unpaired) electrons. The second kappa shape index (κ2) is 10.3. The fraction of sp³-hybridized carbons (Fsp3) is 0.323. The van der Waals surface area contributed by atoms with Crippen LogP contribution in [-0.4, -0.2) is 53.2 Å². The largest absolute Gasteiger partial charge is 0.454 e. The molecule has 6 rings (SSSR count). The van der Waals surface area contributed by atoms with Crippen molar-refractivity contribution in [2.75, 3.05) is 33.0 Å². The number of fused-ring (bicyclic) bond motifs is 2. The molecule has 1 aromatic heterocycles. The van der Waals surface area contributed by atoms with Gasteiger partial charge in [0.15, 0.2) is 11.5 Å². The van der Waals surface area contributed by atoms with Crippen LogP contribution in [0.4, 0.5) is 0 Å². The highest BCUT2D eigenvalue weighted by molar-refractivity contribution is 5.86. The molecule has 2 aliphatic heterocycles. The number of amides is 1. The maximum Gasteiger partial charge on any atom is 0.231 e. The first-order chi connectivity index (χ1) is 18.1. The summed E-state index contributed by atoms with van der Waals surface area (Å²) in [6.07, 6.45) is 3.59. The SMILES string of the molecule is Cn1cc(C(CC(=O)N2CCN(Cc3ccc4c(c3)OCO4)CC2)Cc2ccccc2)c2ccccc21. The molecule has 2 aliphatic rings. The number of carbonyl (C=O) groups is 1. The first-order valence-corrected chi connectivity index (χ1v) is 13.1. The van der Waals surface area contributed by atoms with E-state index in [4.69, 9.17) is 9.47 Å². The monoisotopic (exact) mass is 495 g/mol. The highest BCUT2D eigenvalue weighted by atomic mass is 16.7. The highest BCUT2D eigenvalue weighted by Gasteiger charge is 2.26. The van der Waals surface area contributed by atoms with Gasteiger partial charge < -0.3 is 18.9 Å². The molecule has 6 heteroatoms. The van der Waals surface area contributed by atoms with Crippen molar-refractivity contribution in [3.8, 4) is 11.5 Å². The molecule has 0 spiro atoms. The van der Waals surface area contributed by atoms with Crippen LogP contribution >= 0.6 is 0 Å². The summed E-state index contributed by atoms with van der Waals surface area (Å²) in [7, 11) is 2.09. The topological polar surface area (TPSA) is 46.9 Å². The summed E-state index contributed by atoms with van der Waals surface area (Å²) < 4.78 is 13.1. The first kappa shape index (κ1) is 23.6. The predicted octanol–water partition coefficient (Wildman–Crippen LogP) is 4.97. The minimum atomic E-state index is 0.132. The van der Waals surface area contributed by atoms with E-state index in [1.165, 1.54) is 27.6 Å². The van der Waals surface area contributed by atoms with Crippen LogP contribution in [0.1, 0.15) is 29.0 Å². The van der Waals surface area contributed by atoms with E-state index in [1.807, 2.05) is 12.1 Å². The Kier molecular flexibility index (Phi) is 6.58. The van der Waals surface area contributed by atoms with Crippen molar-refractivity contribution in [2.45, 2.75) is 25.3 Å². The Bertz CT molecular complexity index is 1390. The van der Waals surface area contributed by atoms with Crippen molar-refractivity contribution in [1.29, 1.82) is 0 Å². The van der Waals surface area contributed by atoms with E-state index in [-0.39, 0.29) is 11.8 Å². The zero-order chi connectivity index (χ0) is 25.2. The molecule has 190 valence electrons. The lowest BCUT2D eigenvalue weighted by atomic mass is 9.88. The van der Waals surface area contributed by atoms with E-state index >= 15 is 0 Å². The predicted molar refractivity (Wildman–Crippen MR) is 145 cm³/mol. The average molecular weight is 496 g/mol. The molecule has 4 aromatic rings. The molecule has 1 fully saturated rings. The van der Waals surface area contributed by atoms with Crippen LogP contribution in [0.15, 0.2) is 79.0 Å². The number of aryl methyl sites for hydroxylation is 1. The van der Waals surface area contributed by atoms with Gasteiger partial charge in [-0.15, -0.1) is 0 Å². The van der Waals surface area contributed by atoms with Crippen LogP contribution in [0, 0.1) is 0 Å². The van der Waals surface area contributed by atoms with Gasteiger partial charge in [0.25, 0.3) is 0 Å². The van der Waals surface area contributed by atoms with Crippen molar-refractivity contribution in [2.24, 2.45) is 7.05 Å². The Morgan fingerprint density at radius 2 is 1.62 bits per heavy atom. The molecule has 3 heterocycles. The summed E-state index contributed by atoms with van der Waals surface area (Å²) in [5, 5.41) is 1.24. The van der Waals surface area contributed by atoms with E-state index < -0.39 is 0 Å². The summed E-state index contributed by atoms with van der Waals surface area (Å²) >= 11 is 0. The Morgan fingerprint density at radius 3 is 2.46 bits per heavy atom. The molecular weight excluding hydrogens is 462 g/mol. The average Bonchev–Trinajstić information content (AvgIpc) is 3.53. The van der Waals surface area contributed by atoms with Crippen LogP contribution < -0.4 is 9.47 Å². The van der Waals surface area contributed by atoms with Gasteiger partial charge in [-0.05, 0) is 47.2 Å². The lowest BCUT2D eigenvalue weighted by Crippen LogP contribution is -2.48. The number of carbonyl (C=O) groups excluding carboxylic acids is 1. The lowest BCUT2D eigenvalue weighted by molar-refractivity contribution is -0.133. The van der Waals surface area contributed by atoms with Gasteiger partial charge in [0.05, 0.1) is 0 Å². The van der Waals surface area contributed by atoms with Crippen LogP contribution in [0.2, 0.25) is 0 Å². The van der Waals surface area contributed by atoms with E-state index in [2.05, 4.69) is 88.3 Å². The minimum Gasteiger partial charge on any atom is -0.454 e. The summed E-state index contributed by atoms with van der Waals surface area (Å²) in [5.41, 5.74) is 4.95. The number of para-hydroxylation sites is 1. The van der Waals surface area contributed by atoms with Crippen LogP contribution in [0.25, 0.3) is 10.9 Å². The molecule has 1 unspecified atom stereocenters. The molecule has 1 amide bonds. The molecule has 6 nitrogen and oxygen atoms in total. The van der Waals surface area contributed by atoms with Crippen molar-refractivity contribution in [1.82, 2.24) is 14.4 Å². The van der Waals surface area contributed by atoms with Gasteiger partial charge in [-0.3, -0.25) is 9.69 Å². The van der Waals surface area contributed by atoms with Gasteiger partial charge in [0, 0.05) is 63.3 Å². The number of hydrogen-bond donors (Lipinski definition) is 0. The smallest absolute Gasteiger partial charge is 0.231 e. The maximum absolute atomic E-state index is 13.6.